The van der Waals surface area contributed by atoms with Crippen molar-refractivity contribution < 1.29 is 0 Å². The van der Waals surface area contributed by atoms with E-state index in [-0.39, 0.29) is 10.8 Å². The van der Waals surface area contributed by atoms with Crippen molar-refractivity contribution >= 4 is 11.3 Å². The zero-order valence-electron chi connectivity index (χ0n) is 13.8. The fraction of sp³-hybridized carbons (Fsp3) is 0.812. The average molecular weight is 282 g/mol. The SMILES string of the molecule is CC(C)CNCc1sc(C(C)(C)C)nc1C(C)(C)C. The maximum atomic E-state index is 4.93. The van der Waals surface area contributed by atoms with E-state index in [1.165, 1.54) is 15.6 Å². The number of hydrogen-bond acceptors (Lipinski definition) is 3. The van der Waals surface area contributed by atoms with Crippen LogP contribution in [0.2, 0.25) is 0 Å². The Balaban J connectivity index is 2.97. The van der Waals surface area contributed by atoms with Crippen LogP contribution in [0.15, 0.2) is 0 Å². The van der Waals surface area contributed by atoms with E-state index in [4.69, 9.17) is 4.98 Å². The second-order valence-corrected chi connectivity index (χ2v) is 8.90. The van der Waals surface area contributed by atoms with Gasteiger partial charge in [0.05, 0.1) is 10.7 Å². The zero-order chi connectivity index (χ0) is 14.8. The lowest BCUT2D eigenvalue weighted by Gasteiger charge is -2.18. The van der Waals surface area contributed by atoms with E-state index in [9.17, 15) is 0 Å². The van der Waals surface area contributed by atoms with Gasteiger partial charge in [-0.15, -0.1) is 11.3 Å². The van der Waals surface area contributed by atoms with Crippen molar-refractivity contribution in [2.24, 2.45) is 5.92 Å². The van der Waals surface area contributed by atoms with Gasteiger partial charge in [-0.1, -0.05) is 55.4 Å². The van der Waals surface area contributed by atoms with Crippen LogP contribution in [0.1, 0.15) is 71.0 Å². The molecule has 1 aromatic rings. The molecule has 0 radical (unpaired) electrons. The molecule has 0 saturated carbocycles. The molecule has 1 N–H and O–H groups in total. The summed E-state index contributed by atoms with van der Waals surface area (Å²) in [6.45, 7) is 20.0. The van der Waals surface area contributed by atoms with E-state index in [1.54, 1.807) is 0 Å². The summed E-state index contributed by atoms with van der Waals surface area (Å²) in [7, 11) is 0. The normalized spacial score (nSPS) is 13.3. The maximum Gasteiger partial charge on any atom is 0.0985 e. The molecule has 0 aliphatic carbocycles. The second-order valence-electron chi connectivity index (χ2n) is 7.82. The highest BCUT2D eigenvalue weighted by Crippen LogP contribution is 2.34. The molecule has 2 nitrogen and oxygen atoms in total. The molecular formula is C16H30N2S. The molecule has 0 saturated heterocycles. The van der Waals surface area contributed by atoms with Crippen molar-refractivity contribution in [3.8, 4) is 0 Å². The van der Waals surface area contributed by atoms with Gasteiger partial charge in [-0.25, -0.2) is 4.98 Å². The number of rotatable bonds is 4. The van der Waals surface area contributed by atoms with Gasteiger partial charge in [-0.3, -0.25) is 0 Å². The van der Waals surface area contributed by atoms with Gasteiger partial charge in [0.2, 0.25) is 0 Å². The Morgan fingerprint density at radius 1 is 1.05 bits per heavy atom. The van der Waals surface area contributed by atoms with Crippen LogP contribution in [0, 0.1) is 5.92 Å². The summed E-state index contributed by atoms with van der Waals surface area (Å²) in [5.41, 5.74) is 1.52. The van der Waals surface area contributed by atoms with Crippen molar-refractivity contribution in [1.82, 2.24) is 10.3 Å². The van der Waals surface area contributed by atoms with Gasteiger partial charge in [-0.2, -0.15) is 0 Å². The quantitative estimate of drug-likeness (QED) is 0.880. The minimum atomic E-state index is 0.120. The van der Waals surface area contributed by atoms with Crippen LogP contribution in [0.3, 0.4) is 0 Å². The van der Waals surface area contributed by atoms with Gasteiger partial charge in [0.1, 0.15) is 0 Å². The fourth-order valence-electron chi connectivity index (χ4n) is 1.85. The highest BCUT2D eigenvalue weighted by Gasteiger charge is 2.27. The summed E-state index contributed by atoms with van der Waals surface area (Å²) < 4.78 is 0. The van der Waals surface area contributed by atoms with E-state index < -0.39 is 0 Å². The minimum Gasteiger partial charge on any atom is -0.312 e. The standard InChI is InChI=1S/C16H30N2S/c1-11(2)9-17-10-12-13(15(3,4)5)18-14(19-12)16(6,7)8/h11,17H,9-10H2,1-8H3. The van der Waals surface area contributed by atoms with Crippen LogP contribution in [0.25, 0.3) is 0 Å². The monoisotopic (exact) mass is 282 g/mol. The molecule has 19 heavy (non-hydrogen) atoms. The van der Waals surface area contributed by atoms with Gasteiger partial charge in [0.25, 0.3) is 0 Å². The molecule has 1 aromatic heterocycles. The number of aromatic nitrogens is 1. The Morgan fingerprint density at radius 3 is 2.05 bits per heavy atom. The molecule has 0 unspecified atom stereocenters. The molecule has 110 valence electrons. The van der Waals surface area contributed by atoms with Crippen molar-refractivity contribution in [1.29, 1.82) is 0 Å². The highest BCUT2D eigenvalue weighted by molar-refractivity contribution is 7.11. The lowest BCUT2D eigenvalue weighted by atomic mass is 9.90. The van der Waals surface area contributed by atoms with Crippen LogP contribution in [0.5, 0.6) is 0 Å². The first kappa shape index (κ1) is 16.6. The van der Waals surface area contributed by atoms with Crippen LogP contribution >= 0.6 is 11.3 Å². The van der Waals surface area contributed by atoms with Gasteiger partial charge < -0.3 is 5.32 Å². The van der Waals surface area contributed by atoms with E-state index >= 15 is 0 Å². The molecule has 1 heterocycles. The predicted octanol–water partition coefficient (Wildman–Crippen LogP) is 4.48. The summed E-state index contributed by atoms with van der Waals surface area (Å²) >= 11 is 1.87. The van der Waals surface area contributed by atoms with Crippen molar-refractivity contribution in [3.63, 3.8) is 0 Å². The molecule has 3 heteroatoms. The number of thiazole rings is 1. The Labute approximate surface area is 123 Å². The Bertz CT molecular complexity index is 405. The largest absolute Gasteiger partial charge is 0.312 e. The third-order valence-corrected chi connectivity index (χ3v) is 4.37. The van der Waals surface area contributed by atoms with Crippen LogP contribution in [-0.2, 0) is 17.4 Å². The summed E-state index contributed by atoms with van der Waals surface area (Å²) in [5.74, 6) is 0.688. The third kappa shape index (κ3) is 4.88. The molecule has 0 amide bonds. The van der Waals surface area contributed by atoms with Gasteiger partial charge in [0.15, 0.2) is 0 Å². The van der Waals surface area contributed by atoms with E-state index in [1.807, 2.05) is 11.3 Å². The van der Waals surface area contributed by atoms with Crippen LogP contribution in [0.4, 0.5) is 0 Å². The molecule has 0 atom stereocenters. The first-order valence-corrected chi connectivity index (χ1v) is 8.05. The van der Waals surface area contributed by atoms with Crippen molar-refractivity contribution in [2.45, 2.75) is 72.8 Å². The molecule has 0 aromatic carbocycles. The number of nitrogens with one attached hydrogen (secondary N) is 1. The lowest BCUT2D eigenvalue weighted by molar-refractivity contribution is 0.527. The summed E-state index contributed by atoms with van der Waals surface area (Å²) in [6, 6.07) is 0. The second kappa shape index (κ2) is 5.92. The Morgan fingerprint density at radius 2 is 1.63 bits per heavy atom. The lowest BCUT2D eigenvalue weighted by Crippen LogP contribution is -2.21. The number of nitrogens with zero attached hydrogens (tertiary/aromatic N) is 1. The summed E-state index contributed by atoms with van der Waals surface area (Å²) in [5, 5.41) is 4.80. The summed E-state index contributed by atoms with van der Waals surface area (Å²) in [6.07, 6.45) is 0. The Hall–Kier alpha value is -0.410. The maximum absolute atomic E-state index is 4.93. The predicted molar refractivity (Wildman–Crippen MR) is 86.1 cm³/mol. The molecule has 0 aliphatic heterocycles. The topological polar surface area (TPSA) is 24.9 Å². The van der Waals surface area contributed by atoms with Crippen LogP contribution in [-0.4, -0.2) is 11.5 Å². The molecule has 0 bridgehead atoms. The first-order chi connectivity index (χ1) is 8.51. The van der Waals surface area contributed by atoms with E-state index in [0.717, 1.165) is 13.1 Å². The fourth-order valence-corrected chi connectivity index (χ4v) is 3.15. The first-order valence-electron chi connectivity index (χ1n) is 7.23. The molecular weight excluding hydrogens is 252 g/mol. The smallest absolute Gasteiger partial charge is 0.0985 e. The van der Waals surface area contributed by atoms with Gasteiger partial charge in [0, 0.05) is 22.3 Å². The molecule has 0 spiro atoms. The van der Waals surface area contributed by atoms with E-state index in [0.29, 0.717) is 5.92 Å². The molecule has 0 fully saturated rings. The summed E-state index contributed by atoms with van der Waals surface area (Å²) in [4.78, 5) is 6.33. The van der Waals surface area contributed by atoms with E-state index in [2.05, 4.69) is 60.7 Å². The zero-order valence-corrected chi connectivity index (χ0v) is 14.7. The van der Waals surface area contributed by atoms with Crippen molar-refractivity contribution in [3.05, 3.63) is 15.6 Å². The van der Waals surface area contributed by atoms with Crippen LogP contribution < -0.4 is 5.32 Å². The highest BCUT2D eigenvalue weighted by atomic mass is 32.1. The Kier molecular flexibility index (Phi) is 5.19. The van der Waals surface area contributed by atoms with Gasteiger partial charge in [-0.05, 0) is 12.5 Å². The van der Waals surface area contributed by atoms with Crippen molar-refractivity contribution in [2.75, 3.05) is 6.54 Å². The molecule has 1 rings (SSSR count). The third-order valence-electron chi connectivity index (χ3n) is 2.89. The van der Waals surface area contributed by atoms with Gasteiger partial charge >= 0.3 is 0 Å². The minimum absolute atomic E-state index is 0.120. The molecule has 0 aliphatic rings. The average Bonchev–Trinajstić information content (AvgIpc) is 2.59. The number of hydrogen-bond donors (Lipinski definition) is 1.